The number of nitrogens with zero attached hydrogens (tertiary/aromatic N) is 1. The number of rotatable bonds is 6. The molecule has 0 aromatic heterocycles. The lowest BCUT2D eigenvalue weighted by atomic mass is 9.96. The molecule has 1 saturated heterocycles. The van der Waals surface area contributed by atoms with Gasteiger partial charge in [0, 0.05) is 23.8 Å². The third-order valence-corrected chi connectivity index (χ3v) is 4.71. The van der Waals surface area contributed by atoms with Crippen molar-refractivity contribution in [2.24, 2.45) is 5.92 Å². The Labute approximate surface area is 121 Å². The maximum absolute atomic E-state index is 12.7. The summed E-state index contributed by atoms with van der Waals surface area (Å²) in [5.41, 5.74) is 0. The second-order valence-electron chi connectivity index (χ2n) is 5.46. The molecule has 0 aromatic rings. The van der Waals surface area contributed by atoms with E-state index < -0.39 is 0 Å². The van der Waals surface area contributed by atoms with E-state index >= 15 is 0 Å². The van der Waals surface area contributed by atoms with Gasteiger partial charge in [0.1, 0.15) is 0 Å². The van der Waals surface area contributed by atoms with Crippen LogP contribution < -0.4 is 0 Å². The molecule has 0 radical (unpaired) electrons. The van der Waals surface area contributed by atoms with Gasteiger partial charge in [-0.2, -0.15) is 0 Å². The monoisotopic (exact) mass is 317 g/mol. The smallest absolute Gasteiger partial charge is 0.225 e. The minimum absolute atomic E-state index is 0.264. The molecule has 3 heteroatoms. The molecule has 0 bridgehead atoms. The molecule has 1 amide bonds. The van der Waals surface area contributed by atoms with Gasteiger partial charge in [-0.1, -0.05) is 55.5 Å². The standard InChI is InChI=1S/C15H28BrNO/c1-3-8-13(9-4-2)15(18)17-11-7-5-6-10-14(17)12-16/h13-14H,3-12H2,1-2H3. The molecular weight excluding hydrogens is 290 g/mol. The summed E-state index contributed by atoms with van der Waals surface area (Å²) in [5.74, 6) is 0.685. The van der Waals surface area contributed by atoms with E-state index in [4.69, 9.17) is 0 Å². The van der Waals surface area contributed by atoms with Crippen LogP contribution in [0.1, 0.15) is 65.2 Å². The summed E-state index contributed by atoms with van der Waals surface area (Å²) in [7, 11) is 0. The van der Waals surface area contributed by atoms with Crippen molar-refractivity contribution in [1.29, 1.82) is 0 Å². The highest BCUT2D eigenvalue weighted by molar-refractivity contribution is 9.09. The molecule has 0 aliphatic carbocycles. The number of hydrogen-bond acceptors (Lipinski definition) is 1. The third-order valence-electron chi connectivity index (χ3n) is 3.96. The van der Waals surface area contributed by atoms with Gasteiger partial charge in [-0.3, -0.25) is 4.79 Å². The van der Waals surface area contributed by atoms with E-state index in [0.717, 1.165) is 37.6 Å². The number of carbonyl (C=O) groups is 1. The van der Waals surface area contributed by atoms with Gasteiger partial charge in [-0.15, -0.1) is 0 Å². The van der Waals surface area contributed by atoms with Crippen molar-refractivity contribution in [1.82, 2.24) is 4.90 Å². The normalized spacial score (nSPS) is 21.1. The van der Waals surface area contributed by atoms with Gasteiger partial charge in [-0.05, 0) is 25.7 Å². The largest absolute Gasteiger partial charge is 0.339 e. The van der Waals surface area contributed by atoms with Gasteiger partial charge in [0.05, 0.1) is 0 Å². The minimum atomic E-state index is 0.264. The van der Waals surface area contributed by atoms with Crippen LogP contribution in [0, 0.1) is 5.92 Å². The average molecular weight is 318 g/mol. The topological polar surface area (TPSA) is 20.3 Å². The SMILES string of the molecule is CCCC(CCC)C(=O)N1CCCCCC1CBr. The van der Waals surface area contributed by atoms with Crippen LogP contribution in [0.2, 0.25) is 0 Å². The van der Waals surface area contributed by atoms with Crippen LogP contribution in [0.3, 0.4) is 0 Å². The van der Waals surface area contributed by atoms with Crippen LogP contribution in [0.5, 0.6) is 0 Å². The van der Waals surface area contributed by atoms with Crippen molar-refractivity contribution in [3.63, 3.8) is 0 Å². The van der Waals surface area contributed by atoms with E-state index in [1.165, 1.54) is 25.7 Å². The molecule has 106 valence electrons. The first kappa shape index (κ1) is 16.0. The highest BCUT2D eigenvalue weighted by atomic mass is 79.9. The molecule has 1 fully saturated rings. The molecule has 1 unspecified atom stereocenters. The fourth-order valence-electron chi connectivity index (χ4n) is 2.95. The molecule has 0 N–H and O–H groups in total. The maximum Gasteiger partial charge on any atom is 0.225 e. The Morgan fingerprint density at radius 1 is 1.22 bits per heavy atom. The average Bonchev–Trinajstić information content (AvgIpc) is 2.62. The summed E-state index contributed by atoms with van der Waals surface area (Å²) in [6, 6.07) is 0.427. The summed E-state index contributed by atoms with van der Waals surface area (Å²) in [4.78, 5) is 14.9. The van der Waals surface area contributed by atoms with Crippen LogP contribution in [0.15, 0.2) is 0 Å². The van der Waals surface area contributed by atoms with Crippen LogP contribution in [0.25, 0.3) is 0 Å². The van der Waals surface area contributed by atoms with Gasteiger partial charge in [0.15, 0.2) is 0 Å². The van der Waals surface area contributed by atoms with Gasteiger partial charge in [0.2, 0.25) is 5.91 Å². The summed E-state index contributed by atoms with van der Waals surface area (Å²) in [6.07, 6.45) is 9.23. The Kier molecular flexibility index (Phi) is 7.96. The number of halogens is 1. The summed E-state index contributed by atoms with van der Waals surface area (Å²) < 4.78 is 0. The number of alkyl halides is 1. The number of hydrogen-bond donors (Lipinski definition) is 0. The first-order valence-corrected chi connectivity index (χ1v) is 8.73. The van der Waals surface area contributed by atoms with Crippen molar-refractivity contribution >= 4 is 21.8 Å². The maximum atomic E-state index is 12.7. The predicted molar refractivity (Wildman–Crippen MR) is 81.1 cm³/mol. The molecule has 18 heavy (non-hydrogen) atoms. The van der Waals surface area contributed by atoms with Crippen LogP contribution in [-0.4, -0.2) is 28.7 Å². The van der Waals surface area contributed by atoms with E-state index in [9.17, 15) is 4.79 Å². The highest BCUT2D eigenvalue weighted by Gasteiger charge is 2.29. The van der Waals surface area contributed by atoms with Crippen molar-refractivity contribution in [3.8, 4) is 0 Å². The zero-order chi connectivity index (χ0) is 13.4. The molecule has 0 saturated carbocycles. The zero-order valence-electron chi connectivity index (χ0n) is 12.0. The Balaban J connectivity index is 2.69. The Morgan fingerprint density at radius 3 is 2.44 bits per heavy atom. The van der Waals surface area contributed by atoms with E-state index in [-0.39, 0.29) is 5.92 Å². The Morgan fingerprint density at radius 2 is 1.89 bits per heavy atom. The summed E-state index contributed by atoms with van der Waals surface area (Å²) in [5, 5.41) is 0.934. The molecule has 2 nitrogen and oxygen atoms in total. The molecule has 1 aliphatic heterocycles. The minimum Gasteiger partial charge on any atom is -0.339 e. The third kappa shape index (κ3) is 4.56. The molecule has 0 aromatic carbocycles. The molecule has 1 aliphatic rings. The van der Waals surface area contributed by atoms with Crippen molar-refractivity contribution < 1.29 is 4.79 Å². The number of amides is 1. The molecule has 0 spiro atoms. The Bertz CT molecular complexity index is 239. The van der Waals surface area contributed by atoms with Crippen molar-refractivity contribution in [2.45, 2.75) is 71.3 Å². The lowest BCUT2D eigenvalue weighted by Gasteiger charge is -2.32. The fraction of sp³-hybridized carbons (Fsp3) is 0.933. The van der Waals surface area contributed by atoms with Gasteiger partial charge >= 0.3 is 0 Å². The van der Waals surface area contributed by atoms with Crippen molar-refractivity contribution in [3.05, 3.63) is 0 Å². The summed E-state index contributed by atoms with van der Waals surface area (Å²) in [6.45, 7) is 5.33. The van der Waals surface area contributed by atoms with Gasteiger partial charge in [0.25, 0.3) is 0 Å². The molecule has 1 atom stereocenters. The summed E-state index contributed by atoms with van der Waals surface area (Å²) >= 11 is 3.59. The predicted octanol–water partition coefficient (Wildman–Crippen LogP) is 4.37. The van der Waals surface area contributed by atoms with Crippen LogP contribution >= 0.6 is 15.9 Å². The van der Waals surface area contributed by atoms with Crippen molar-refractivity contribution in [2.75, 3.05) is 11.9 Å². The first-order chi connectivity index (χ1) is 8.74. The lowest BCUT2D eigenvalue weighted by molar-refractivity contribution is -0.137. The van der Waals surface area contributed by atoms with E-state index in [0.29, 0.717) is 11.9 Å². The van der Waals surface area contributed by atoms with E-state index in [2.05, 4.69) is 34.7 Å². The van der Waals surface area contributed by atoms with Gasteiger partial charge in [-0.25, -0.2) is 0 Å². The van der Waals surface area contributed by atoms with Crippen LogP contribution in [-0.2, 0) is 4.79 Å². The fourth-order valence-corrected chi connectivity index (χ4v) is 3.62. The zero-order valence-corrected chi connectivity index (χ0v) is 13.5. The molecule has 1 rings (SSSR count). The highest BCUT2D eigenvalue weighted by Crippen LogP contribution is 2.24. The number of carbonyl (C=O) groups excluding carboxylic acids is 1. The van der Waals surface area contributed by atoms with Gasteiger partial charge < -0.3 is 4.90 Å². The number of likely N-dealkylation sites (tertiary alicyclic amines) is 1. The van der Waals surface area contributed by atoms with E-state index in [1.54, 1.807) is 0 Å². The second-order valence-corrected chi connectivity index (χ2v) is 6.11. The van der Waals surface area contributed by atoms with E-state index in [1.807, 2.05) is 0 Å². The molecular formula is C15H28BrNO. The lowest BCUT2D eigenvalue weighted by Crippen LogP contribution is -2.44. The first-order valence-electron chi connectivity index (χ1n) is 7.61. The second kappa shape index (κ2) is 8.95. The Hall–Kier alpha value is -0.0500. The molecule has 1 heterocycles. The quantitative estimate of drug-likeness (QED) is 0.666. The van der Waals surface area contributed by atoms with Crippen LogP contribution in [0.4, 0.5) is 0 Å².